The van der Waals surface area contributed by atoms with Crippen LogP contribution in [0.25, 0.3) is 0 Å². The number of hydrogen-bond acceptors (Lipinski definition) is 4. The van der Waals surface area contributed by atoms with E-state index in [1.54, 1.807) is 13.8 Å². The van der Waals surface area contributed by atoms with E-state index in [9.17, 15) is 18.0 Å². The fourth-order valence-corrected chi connectivity index (χ4v) is 3.69. The molecule has 1 spiro atoms. The smallest absolute Gasteiger partial charge is 0.373 e. The highest BCUT2D eigenvalue weighted by Crippen LogP contribution is 2.52. The lowest BCUT2D eigenvalue weighted by Crippen LogP contribution is -2.58. The van der Waals surface area contributed by atoms with Crippen LogP contribution in [0.1, 0.15) is 34.1 Å². The molecule has 4 atom stereocenters. The molecule has 7 heteroatoms. The summed E-state index contributed by atoms with van der Waals surface area (Å²) in [6.45, 7) is 6.72. The molecule has 2 fully saturated rings. The van der Waals surface area contributed by atoms with E-state index in [1.807, 2.05) is 6.92 Å². The molecule has 2 aliphatic rings. The Morgan fingerprint density at radius 3 is 2.46 bits per heavy atom. The summed E-state index contributed by atoms with van der Waals surface area (Å²) in [4.78, 5) is 12.4. The zero-order valence-corrected chi connectivity index (χ0v) is 14.7. The summed E-state index contributed by atoms with van der Waals surface area (Å²) in [6.07, 6.45) is -3.45. The number of halogens is 3. The van der Waals surface area contributed by atoms with Gasteiger partial charge < -0.3 is 14.2 Å². The quantitative estimate of drug-likeness (QED) is 0.564. The van der Waals surface area contributed by atoms with Gasteiger partial charge in [0.05, 0.1) is 24.7 Å². The van der Waals surface area contributed by atoms with E-state index in [1.165, 1.54) is 7.11 Å². The number of allylic oxidation sites excluding steroid dienone is 1. The number of methoxy groups -OCH3 is 1. The van der Waals surface area contributed by atoms with Gasteiger partial charge >= 0.3 is 6.18 Å². The Bertz CT molecular complexity index is 520. The summed E-state index contributed by atoms with van der Waals surface area (Å²) >= 11 is 0. The van der Waals surface area contributed by atoms with Crippen LogP contribution in [0.15, 0.2) is 11.6 Å². The first-order valence-electron chi connectivity index (χ1n) is 8.03. The van der Waals surface area contributed by atoms with Crippen molar-refractivity contribution in [1.82, 2.24) is 0 Å². The molecule has 0 aromatic rings. The maximum Gasteiger partial charge on any atom is 0.412 e. The van der Waals surface area contributed by atoms with Crippen molar-refractivity contribution in [1.29, 1.82) is 0 Å². The first-order chi connectivity index (χ1) is 10.9. The number of rotatable bonds is 5. The molecule has 1 aliphatic carbocycles. The third-order valence-corrected chi connectivity index (χ3v) is 5.10. The van der Waals surface area contributed by atoms with Gasteiger partial charge in [0, 0.05) is 18.6 Å². The van der Waals surface area contributed by atoms with Gasteiger partial charge in [-0.2, -0.15) is 13.2 Å². The summed E-state index contributed by atoms with van der Waals surface area (Å²) in [7, 11) is 1.47. The summed E-state index contributed by atoms with van der Waals surface area (Å²) in [5.74, 6) is -0.544. The molecule has 0 amide bonds. The largest absolute Gasteiger partial charge is 0.412 e. The molecular formula is C17H25F3O4. The molecule has 2 rings (SSSR count). The van der Waals surface area contributed by atoms with Crippen molar-refractivity contribution in [2.45, 2.75) is 57.6 Å². The zero-order chi connectivity index (χ0) is 18.3. The standard InChI is InChI=1S/C17H25F3O4/c1-10-8-16(9-24-16)14(13(22-5)12(10)21)15(3,4)23-7-6-11(2)17(18,19)20/h6,10,13-14H,7-9H2,1-5H3/b11-6+/t10-,13+,14+,16-/m0/s1. The van der Waals surface area contributed by atoms with E-state index in [0.29, 0.717) is 13.0 Å². The van der Waals surface area contributed by atoms with Crippen LogP contribution < -0.4 is 0 Å². The topological polar surface area (TPSA) is 48.1 Å². The molecule has 138 valence electrons. The number of alkyl halides is 3. The molecule has 0 N–H and O–H groups in total. The summed E-state index contributed by atoms with van der Waals surface area (Å²) in [5.41, 5.74) is -2.05. The van der Waals surface area contributed by atoms with Crippen LogP contribution in [0.5, 0.6) is 0 Å². The van der Waals surface area contributed by atoms with E-state index in [4.69, 9.17) is 14.2 Å². The third kappa shape index (κ3) is 3.68. The van der Waals surface area contributed by atoms with Crippen molar-refractivity contribution in [3.8, 4) is 0 Å². The first kappa shape index (κ1) is 19.4. The Balaban J connectivity index is 2.16. The minimum Gasteiger partial charge on any atom is -0.373 e. The highest BCUT2D eigenvalue weighted by atomic mass is 19.4. The molecule has 0 aromatic carbocycles. The van der Waals surface area contributed by atoms with Crippen molar-refractivity contribution >= 4 is 5.78 Å². The van der Waals surface area contributed by atoms with E-state index in [2.05, 4.69) is 0 Å². The molecule has 1 aliphatic heterocycles. The number of ether oxygens (including phenoxy) is 3. The summed E-state index contributed by atoms with van der Waals surface area (Å²) in [6, 6.07) is 0. The van der Waals surface area contributed by atoms with E-state index in [-0.39, 0.29) is 24.2 Å². The van der Waals surface area contributed by atoms with Crippen LogP contribution in [0.2, 0.25) is 0 Å². The normalized spacial score (nSPS) is 34.8. The second kappa shape index (κ2) is 6.42. The maximum atomic E-state index is 12.6. The van der Waals surface area contributed by atoms with Gasteiger partial charge in [-0.15, -0.1) is 0 Å². The second-order valence-corrected chi connectivity index (χ2v) is 7.29. The van der Waals surface area contributed by atoms with Crippen LogP contribution in [0.3, 0.4) is 0 Å². The Kier molecular flexibility index (Phi) is 5.19. The predicted octanol–water partition coefficient (Wildman–Crippen LogP) is 3.30. The molecule has 0 radical (unpaired) electrons. The minimum absolute atomic E-state index is 0.0117. The van der Waals surface area contributed by atoms with Crippen LogP contribution >= 0.6 is 0 Å². The third-order valence-electron chi connectivity index (χ3n) is 5.10. The monoisotopic (exact) mass is 350 g/mol. The lowest BCUT2D eigenvalue weighted by Gasteiger charge is -2.45. The van der Waals surface area contributed by atoms with Crippen LogP contribution in [-0.4, -0.2) is 49.6 Å². The fourth-order valence-electron chi connectivity index (χ4n) is 3.69. The van der Waals surface area contributed by atoms with Crippen LogP contribution in [0, 0.1) is 11.8 Å². The first-order valence-corrected chi connectivity index (χ1v) is 8.03. The van der Waals surface area contributed by atoms with Gasteiger partial charge in [-0.3, -0.25) is 4.79 Å². The molecule has 1 heterocycles. The Morgan fingerprint density at radius 1 is 1.42 bits per heavy atom. The Labute approximate surface area is 140 Å². The van der Waals surface area contributed by atoms with E-state index < -0.39 is 29.1 Å². The number of epoxide rings is 1. The maximum absolute atomic E-state index is 12.6. The number of carbonyl (C=O) groups is 1. The molecular weight excluding hydrogens is 325 g/mol. The molecule has 0 unspecified atom stereocenters. The van der Waals surface area contributed by atoms with Crippen molar-refractivity contribution < 1.29 is 32.2 Å². The molecule has 24 heavy (non-hydrogen) atoms. The molecule has 0 bridgehead atoms. The van der Waals surface area contributed by atoms with Crippen molar-refractivity contribution in [3.63, 3.8) is 0 Å². The summed E-state index contributed by atoms with van der Waals surface area (Å²) < 4.78 is 54.5. The SMILES string of the molecule is CO[C@@H]1C(=O)[C@@H](C)C[C@]2(CO2)[C@H]1C(C)(C)OC/C=C(\C)C(F)(F)F. The van der Waals surface area contributed by atoms with Crippen LogP contribution in [0.4, 0.5) is 13.2 Å². The lowest BCUT2D eigenvalue weighted by atomic mass is 9.65. The number of hydrogen-bond donors (Lipinski definition) is 0. The predicted molar refractivity (Wildman–Crippen MR) is 81.6 cm³/mol. The minimum atomic E-state index is -4.36. The second-order valence-electron chi connectivity index (χ2n) is 7.29. The van der Waals surface area contributed by atoms with Crippen molar-refractivity contribution in [2.24, 2.45) is 11.8 Å². The van der Waals surface area contributed by atoms with Gasteiger partial charge in [0.15, 0.2) is 5.78 Å². The number of Topliss-reactive ketones (excluding diaryl/α,β-unsaturated/α-hetero) is 1. The van der Waals surface area contributed by atoms with E-state index >= 15 is 0 Å². The molecule has 1 saturated carbocycles. The molecule has 4 nitrogen and oxygen atoms in total. The lowest BCUT2D eigenvalue weighted by molar-refractivity contribution is -0.167. The fraction of sp³-hybridized carbons (Fsp3) is 0.824. The van der Waals surface area contributed by atoms with Gasteiger partial charge in [0.1, 0.15) is 11.7 Å². The number of ketones is 1. The molecule has 0 aromatic heterocycles. The zero-order valence-electron chi connectivity index (χ0n) is 14.7. The Morgan fingerprint density at radius 2 is 2.00 bits per heavy atom. The number of carbonyl (C=O) groups excluding carboxylic acids is 1. The van der Waals surface area contributed by atoms with Crippen LogP contribution in [-0.2, 0) is 19.0 Å². The van der Waals surface area contributed by atoms with Gasteiger partial charge in [0.25, 0.3) is 0 Å². The summed E-state index contributed by atoms with van der Waals surface area (Å²) in [5, 5.41) is 0. The molecule has 1 saturated heterocycles. The average Bonchev–Trinajstić information content (AvgIpc) is 3.20. The van der Waals surface area contributed by atoms with Gasteiger partial charge in [-0.25, -0.2) is 0 Å². The van der Waals surface area contributed by atoms with Crippen molar-refractivity contribution in [3.05, 3.63) is 11.6 Å². The van der Waals surface area contributed by atoms with Crippen molar-refractivity contribution in [2.75, 3.05) is 20.3 Å². The highest BCUT2D eigenvalue weighted by molar-refractivity contribution is 5.87. The average molecular weight is 350 g/mol. The van der Waals surface area contributed by atoms with Gasteiger partial charge in [-0.1, -0.05) is 13.0 Å². The van der Waals surface area contributed by atoms with E-state index in [0.717, 1.165) is 13.0 Å². The highest BCUT2D eigenvalue weighted by Gasteiger charge is 2.65. The Hall–Kier alpha value is -0.920. The van der Waals surface area contributed by atoms with Gasteiger partial charge in [0.2, 0.25) is 0 Å². The van der Waals surface area contributed by atoms with Gasteiger partial charge in [-0.05, 0) is 27.2 Å².